The summed E-state index contributed by atoms with van der Waals surface area (Å²) in [6.45, 7) is 4.38. The molecule has 1 heterocycles. The Morgan fingerprint density at radius 2 is 2.16 bits per heavy atom. The lowest BCUT2D eigenvalue weighted by atomic mass is 9.75. The van der Waals surface area contributed by atoms with E-state index in [4.69, 9.17) is 0 Å². The number of halogens is 1. The van der Waals surface area contributed by atoms with E-state index in [9.17, 15) is 8.42 Å². The van der Waals surface area contributed by atoms with Gasteiger partial charge < -0.3 is 0 Å². The van der Waals surface area contributed by atoms with Crippen LogP contribution in [-0.4, -0.2) is 19.4 Å². The van der Waals surface area contributed by atoms with E-state index in [1.54, 1.807) is 12.3 Å². The molecule has 0 aliphatic heterocycles. The maximum absolute atomic E-state index is 12.3. The molecule has 106 valence electrons. The highest BCUT2D eigenvalue weighted by molar-refractivity contribution is 9.10. The molecule has 0 aromatic carbocycles. The minimum Gasteiger partial charge on any atom is -0.262 e. The SMILES string of the molecule is CC1(C)CCCC(NS(=O)(=O)c2cncc(Br)c2)C1. The molecule has 4 nitrogen and oxygen atoms in total. The smallest absolute Gasteiger partial charge is 0.242 e. The van der Waals surface area contributed by atoms with Gasteiger partial charge in [0.1, 0.15) is 4.90 Å². The number of hydrogen-bond acceptors (Lipinski definition) is 3. The van der Waals surface area contributed by atoms with Crippen molar-refractivity contribution < 1.29 is 8.42 Å². The van der Waals surface area contributed by atoms with Crippen molar-refractivity contribution in [2.45, 2.75) is 50.5 Å². The minimum atomic E-state index is -3.48. The van der Waals surface area contributed by atoms with Crippen LogP contribution in [0.4, 0.5) is 0 Å². The maximum atomic E-state index is 12.3. The molecule has 1 aliphatic carbocycles. The summed E-state index contributed by atoms with van der Waals surface area (Å²) in [6.07, 6.45) is 6.96. The van der Waals surface area contributed by atoms with E-state index in [0.29, 0.717) is 4.47 Å². The second-order valence-electron chi connectivity index (χ2n) is 5.92. The number of rotatable bonds is 3. The number of nitrogens with zero attached hydrogens (tertiary/aromatic N) is 1. The average molecular weight is 347 g/mol. The lowest BCUT2D eigenvalue weighted by molar-refractivity contribution is 0.212. The number of pyridine rings is 1. The zero-order valence-electron chi connectivity index (χ0n) is 11.2. The lowest BCUT2D eigenvalue weighted by Crippen LogP contribution is -2.40. The molecule has 1 saturated carbocycles. The van der Waals surface area contributed by atoms with Gasteiger partial charge >= 0.3 is 0 Å². The molecule has 1 fully saturated rings. The summed E-state index contributed by atoms with van der Waals surface area (Å²) < 4.78 is 28.1. The molecule has 1 aromatic heterocycles. The zero-order valence-corrected chi connectivity index (χ0v) is 13.6. The van der Waals surface area contributed by atoms with Crippen LogP contribution in [0.2, 0.25) is 0 Å². The molecule has 1 unspecified atom stereocenters. The van der Waals surface area contributed by atoms with Gasteiger partial charge in [0.15, 0.2) is 0 Å². The fourth-order valence-corrected chi connectivity index (χ4v) is 4.40. The molecule has 1 N–H and O–H groups in total. The molecule has 0 saturated heterocycles. The Hall–Kier alpha value is -0.460. The van der Waals surface area contributed by atoms with Crippen LogP contribution in [0.25, 0.3) is 0 Å². The Morgan fingerprint density at radius 1 is 1.42 bits per heavy atom. The third kappa shape index (κ3) is 4.00. The van der Waals surface area contributed by atoms with Crippen LogP contribution in [0.15, 0.2) is 27.8 Å². The number of sulfonamides is 1. The molecular weight excluding hydrogens is 328 g/mol. The molecule has 0 amide bonds. The van der Waals surface area contributed by atoms with E-state index in [1.807, 2.05) is 0 Å². The highest BCUT2D eigenvalue weighted by Crippen LogP contribution is 2.35. The molecule has 0 radical (unpaired) electrons. The van der Waals surface area contributed by atoms with Gasteiger partial charge in [-0.2, -0.15) is 0 Å². The van der Waals surface area contributed by atoms with Crippen molar-refractivity contribution in [2.24, 2.45) is 5.41 Å². The van der Waals surface area contributed by atoms with Gasteiger partial charge in [0.25, 0.3) is 0 Å². The fourth-order valence-electron chi connectivity index (χ4n) is 2.63. The maximum Gasteiger partial charge on any atom is 0.242 e. The van der Waals surface area contributed by atoms with Crippen LogP contribution in [-0.2, 0) is 10.0 Å². The predicted molar refractivity (Wildman–Crippen MR) is 78.3 cm³/mol. The molecule has 2 rings (SSSR count). The van der Waals surface area contributed by atoms with Gasteiger partial charge in [0, 0.05) is 22.9 Å². The minimum absolute atomic E-state index is 0.0210. The fraction of sp³-hybridized carbons (Fsp3) is 0.615. The van der Waals surface area contributed by atoms with Crippen LogP contribution in [0.5, 0.6) is 0 Å². The van der Waals surface area contributed by atoms with Crippen molar-refractivity contribution in [3.05, 3.63) is 22.9 Å². The monoisotopic (exact) mass is 346 g/mol. The van der Waals surface area contributed by atoms with Crippen LogP contribution in [0.3, 0.4) is 0 Å². The number of hydrogen-bond donors (Lipinski definition) is 1. The van der Waals surface area contributed by atoms with E-state index in [0.717, 1.165) is 25.7 Å². The first-order valence-corrected chi connectivity index (χ1v) is 8.69. The molecule has 6 heteroatoms. The molecule has 1 atom stereocenters. The van der Waals surface area contributed by atoms with Crippen LogP contribution in [0, 0.1) is 5.41 Å². The van der Waals surface area contributed by atoms with Crippen molar-refractivity contribution in [3.63, 3.8) is 0 Å². The van der Waals surface area contributed by atoms with Crippen LogP contribution in [0.1, 0.15) is 39.5 Å². The van der Waals surface area contributed by atoms with Gasteiger partial charge in [-0.15, -0.1) is 0 Å². The molecule has 19 heavy (non-hydrogen) atoms. The van der Waals surface area contributed by atoms with Crippen molar-refractivity contribution >= 4 is 26.0 Å². The lowest BCUT2D eigenvalue weighted by Gasteiger charge is -2.35. The highest BCUT2D eigenvalue weighted by Gasteiger charge is 2.30. The van der Waals surface area contributed by atoms with Crippen LogP contribution >= 0.6 is 15.9 Å². The van der Waals surface area contributed by atoms with Crippen molar-refractivity contribution in [1.29, 1.82) is 0 Å². The first-order chi connectivity index (χ1) is 8.78. The summed E-state index contributed by atoms with van der Waals surface area (Å²) in [5, 5.41) is 0. The second kappa shape index (κ2) is 5.50. The van der Waals surface area contributed by atoms with Gasteiger partial charge in [-0.1, -0.05) is 20.3 Å². The van der Waals surface area contributed by atoms with Crippen molar-refractivity contribution in [2.75, 3.05) is 0 Å². The third-order valence-corrected chi connectivity index (χ3v) is 5.44. The summed E-state index contributed by atoms with van der Waals surface area (Å²) in [5.74, 6) is 0. The molecule has 1 aromatic rings. The van der Waals surface area contributed by atoms with Crippen LogP contribution < -0.4 is 4.72 Å². The van der Waals surface area contributed by atoms with E-state index in [-0.39, 0.29) is 16.4 Å². The first-order valence-electron chi connectivity index (χ1n) is 6.41. The van der Waals surface area contributed by atoms with Gasteiger partial charge in [-0.3, -0.25) is 4.98 Å². The Labute approximate surface area is 123 Å². The van der Waals surface area contributed by atoms with E-state index >= 15 is 0 Å². The Bertz CT molecular complexity index is 558. The number of nitrogens with one attached hydrogen (secondary N) is 1. The van der Waals surface area contributed by atoms with Crippen molar-refractivity contribution in [1.82, 2.24) is 9.71 Å². The Morgan fingerprint density at radius 3 is 2.79 bits per heavy atom. The topological polar surface area (TPSA) is 59.1 Å². The van der Waals surface area contributed by atoms with E-state index in [2.05, 4.69) is 39.5 Å². The van der Waals surface area contributed by atoms with Crippen molar-refractivity contribution in [3.8, 4) is 0 Å². The predicted octanol–water partition coefficient (Wildman–Crippen LogP) is 3.09. The van der Waals surface area contributed by atoms with E-state index < -0.39 is 10.0 Å². The highest BCUT2D eigenvalue weighted by atomic mass is 79.9. The summed E-state index contributed by atoms with van der Waals surface area (Å²) in [4.78, 5) is 4.12. The van der Waals surface area contributed by atoms with Gasteiger partial charge in [0.2, 0.25) is 10.0 Å². The summed E-state index contributed by atoms with van der Waals surface area (Å²) >= 11 is 3.24. The Kier molecular flexibility index (Phi) is 4.32. The summed E-state index contributed by atoms with van der Waals surface area (Å²) in [5.41, 5.74) is 0.209. The number of aromatic nitrogens is 1. The normalized spacial score (nSPS) is 23.2. The third-order valence-electron chi connectivity index (χ3n) is 3.52. The molecule has 0 spiro atoms. The van der Waals surface area contributed by atoms with E-state index in [1.165, 1.54) is 6.20 Å². The second-order valence-corrected chi connectivity index (χ2v) is 8.55. The van der Waals surface area contributed by atoms with Gasteiger partial charge in [0.05, 0.1) is 0 Å². The van der Waals surface area contributed by atoms with Gasteiger partial charge in [-0.05, 0) is 46.7 Å². The summed E-state index contributed by atoms with van der Waals surface area (Å²) in [7, 11) is -3.48. The standard InChI is InChI=1S/C13H19BrN2O2S/c1-13(2)5-3-4-11(7-13)16-19(17,18)12-6-10(14)8-15-9-12/h6,8-9,11,16H,3-5,7H2,1-2H3. The average Bonchev–Trinajstić information content (AvgIpc) is 2.27. The molecule has 1 aliphatic rings. The van der Waals surface area contributed by atoms with Gasteiger partial charge in [-0.25, -0.2) is 13.1 Å². The molecular formula is C13H19BrN2O2S. The molecule has 0 bridgehead atoms. The summed E-state index contributed by atoms with van der Waals surface area (Å²) in [6, 6.07) is 1.59. The first kappa shape index (κ1) is 14.9. The quantitative estimate of drug-likeness (QED) is 0.914. The largest absolute Gasteiger partial charge is 0.262 e. The Balaban J connectivity index is 2.13. The zero-order chi connectivity index (χ0) is 14.1.